The van der Waals surface area contributed by atoms with Gasteiger partial charge in [0.05, 0.1) is 37.1 Å². The third kappa shape index (κ3) is 6.72. The Bertz CT molecular complexity index is 1130. The fourth-order valence-electron chi connectivity index (χ4n) is 4.61. The predicted octanol–water partition coefficient (Wildman–Crippen LogP) is 4.09. The Balaban J connectivity index is 1.49. The molecule has 2 aliphatic rings. The van der Waals surface area contributed by atoms with Gasteiger partial charge in [0.2, 0.25) is 0 Å². The number of nitrogens with zero attached hydrogens (tertiary/aromatic N) is 5. The van der Waals surface area contributed by atoms with Crippen LogP contribution in [0.1, 0.15) is 62.8 Å². The van der Waals surface area contributed by atoms with E-state index in [9.17, 15) is 18.4 Å². The summed E-state index contributed by atoms with van der Waals surface area (Å²) in [6.07, 6.45) is 4.19. The first kappa shape index (κ1) is 26.7. The first-order valence-corrected chi connectivity index (χ1v) is 12.5. The molecule has 2 fully saturated rings. The van der Waals surface area contributed by atoms with E-state index in [4.69, 9.17) is 19.2 Å². The maximum Gasteiger partial charge on any atom is 0.410 e. The number of hydrogen-bond donors (Lipinski definition) is 0. The number of pyridine rings is 1. The quantitative estimate of drug-likeness (QED) is 0.454. The second-order valence-corrected chi connectivity index (χ2v) is 9.97. The molecule has 0 N–H and O–H groups in total. The van der Waals surface area contributed by atoms with Crippen molar-refractivity contribution in [1.29, 1.82) is 0 Å². The number of methoxy groups -OCH3 is 1. The summed E-state index contributed by atoms with van der Waals surface area (Å²) in [6.45, 7) is -0.216. The van der Waals surface area contributed by atoms with Crippen LogP contribution in [0.4, 0.5) is 13.6 Å². The highest BCUT2D eigenvalue weighted by atomic mass is 19.3. The molecule has 2 aromatic rings. The van der Waals surface area contributed by atoms with Crippen LogP contribution in [0.3, 0.4) is 0 Å². The largest absolute Gasteiger partial charge is 0.488 e. The Morgan fingerprint density at radius 2 is 1.97 bits per heavy atom. The number of hydrogen-bond acceptors (Lipinski definition) is 8. The van der Waals surface area contributed by atoms with Crippen LogP contribution in [0.15, 0.2) is 12.1 Å². The third-order valence-corrected chi connectivity index (χ3v) is 6.65. The molecule has 2 aliphatic carbocycles. The number of alkyl halides is 2. The number of esters is 1. The Morgan fingerprint density at radius 1 is 1.22 bits per heavy atom. The first-order valence-electron chi connectivity index (χ1n) is 12.5. The van der Waals surface area contributed by atoms with Crippen molar-refractivity contribution in [2.24, 2.45) is 13.0 Å². The second-order valence-electron chi connectivity index (χ2n) is 9.97. The van der Waals surface area contributed by atoms with Crippen molar-refractivity contribution in [3.8, 4) is 17.1 Å². The molecule has 2 atom stereocenters. The zero-order chi connectivity index (χ0) is 26.7. The second kappa shape index (κ2) is 11.0. The van der Waals surface area contributed by atoms with Gasteiger partial charge in [-0.1, -0.05) is 5.21 Å². The lowest BCUT2D eigenvalue weighted by atomic mass is 9.87. The number of rotatable bonds is 9. The number of ether oxygens (including phenoxy) is 3. The normalized spacial score (nSPS) is 19.8. The molecule has 0 unspecified atom stereocenters. The average molecular weight is 522 g/mol. The summed E-state index contributed by atoms with van der Waals surface area (Å²) in [4.78, 5) is 29.9. The molecular weight excluding hydrogens is 488 g/mol. The molecule has 0 aromatic carbocycles. The minimum Gasteiger partial charge on any atom is -0.488 e. The van der Waals surface area contributed by atoms with Crippen molar-refractivity contribution in [1.82, 2.24) is 24.9 Å². The SMILES string of the molecule is COC(=O)[C@H]1CCC[C@H](Oc2ccc(-c3nnn(C)c3COC(=O)N(C)CC(C)(F)F)nc2C2CC2)C1. The molecule has 12 heteroatoms. The monoisotopic (exact) mass is 521 g/mol. The van der Waals surface area contributed by atoms with E-state index in [0.29, 0.717) is 29.3 Å². The van der Waals surface area contributed by atoms with Crippen molar-refractivity contribution < 1.29 is 32.6 Å². The number of halogens is 2. The molecule has 0 radical (unpaired) electrons. The molecule has 0 aliphatic heterocycles. The minimum absolute atomic E-state index is 0.0954. The molecule has 2 saturated carbocycles. The van der Waals surface area contributed by atoms with Gasteiger partial charge in [-0.15, -0.1) is 5.10 Å². The van der Waals surface area contributed by atoms with Crippen LogP contribution in [-0.4, -0.2) is 69.7 Å². The first-order chi connectivity index (χ1) is 17.6. The van der Waals surface area contributed by atoms with E-state index >= 15 is 0 Å². The van der Waals surface area contributed by atoms with Crippen LogP contribution < -0.4 is 4.74 Å². The van der Waals surface area contributed by atoms with Crippen molar-refractivity contribution >= 4 is 12.1 Å². The van der Waals surface area contributed by atoms with Crippen molar-refractivity contribution in [3.63, 3.8) is 0 Å². The van der Waals surface area contributed by atoms with E-state index in [2.05, 4.69) is 10.3 Å². The number of aryl methyl sites for hydroxylation is 1. The Kier molecular flexibility index (Phi) is 7.93. The molecule has 0 bridgehead atoms. The smallest absolute Gasteiger partial charge is 0.410 e. The molecule has 0 saturated heterocycles. The zero-order valence-corrected chi connectivity index (χ0v) is 21.6. The Labute approximate surface area is 214 Å². The Hall–Kier alpha value is -3.31. The standard InChI is InChI=1S/C25H33F2N5O5/c1-25(26,27)14-31(2)24(34)36-13-19-22(29-30-32(19)3)18-10-11-20(21(28-18)15-8-9-15)37-17-7-5-6-16(12-17)23(33)35-4/h10-11,15-17H,5-9,12-14H2,1-4H3/t16-,17-/m0/s1. The molecular formula is C25H33F2N5O5. The highest BCUT2D eigenvalue weighted by molar-refractivity contribution is 5.72. The van der Waals surface area contributed by atoms with Crippen molar-refractivity contribution in [3.05, 3.63) is 23.5 Å². The molecule has 0 spiro atoms. The van der Waals surface area contributed by atoms with E-state index in [-0.39, 0.29) is 30.5 Å². The van der Waals surface area contributed by atoms with Gasteiger partial charge in [0.15, 0.2) is 0 Å². The van der Waals surface area contributed by atoms with E-state index in [1.807, 2.05) is 6.07 Å². The van der Waals surface area contributed by atoms with E-state index in [1.165, 1.54) is 18.8 Å². The summed E-state index contributed by atoms with van der Waals surface area (Å²) in [7, 11) is 4.32. The van der Waals surface area contributed by atoms with Gasteiger partial charge in [-0.2, -0.15) is 0 Å². The third-order valence-electron chi connectivity index (χ3n) is 6.65. The van der Waals surface area contributed by atoms with Crippen LogP contribution >= 0.6 is 0 Å². The van der Waals surface area contributed by atoms with Crippen LogP contribution in [0.25, 0.3) is 11.4 Å². The van der Waals surface area contributed by atoms with Gasteiger partial charge < -0.3 is 19.1 Å². The lowest BCUT2D eigenvalue weighted by molar-refractivity contribution is -0.147. The van der Waals surface area contributed by atoms with Crippen LogP contribution in [-0.2, 0) is 27.9 Å². The summed E-state index contributed by atoms with van der Waals surface area (Å²) >= 11 is 0. The van der Waals surface area contributed by atoms with E-state index in [1.54, 1.807) is 13.1 Å². The highest BCUT2D eigenvalue weighted by Crippen LogP contribution is 2.45. The van der Waals surface area contributed by atoms with Crippen molar-refractivity contribution in [2.45, 2.75) is 70.0 Å². The zero-order valence-electron chi connectivity index (χ0n) is 21.6. The van der Waals surface area contributed by atoms with Crippen molar-refractivity contribution in [2.75, 3.05) is 20.7 Å². The van der Waals surface area contributed by atoms with Gasteiger partial charge in [-0.05, 0) is 50.7 Å². The number of carbonyl (C=O) groups excluding carboxylic acids is 2. The molecule has 4 rings (SSSR count). The summed E-state index contributed by atoms with van der Waals surface area (Å²) in [6, 6.07) is 3.64. The average Bonchev–Trinajstić information content (AvgIpc) is 3.64. The number of aromatic nitrogens is 4. The lowest BCUT2D eigenvalue weighted by Gasteiger charge is -2.28. The van der Waals surface area contributed by atoms with Crippen LogP contribution in [0, 0.1) is 5.92 Å². The topological polar surface area (TPSA) is 109 Å². The molecule has 10 nitrogen and oxygen atoms in total. The fraction of sp³-hybridized carbons (Fsp3) is 0.640. The maximum atomic E-state index is 13.2. The summed E-state index contributed by atoms with van der Waals surface area (Å²) < 4.78 is 44.5. The summed E-state index contributed by atoms with van der Waals surface area (Å²) in [5.41, 5.74) is 2.31. The number of carbonyl (C=O) groups is 2. The maximum absolute atomic E-state index is 13.2. The molecule has 2 heterocycles. The van der Waals surface area contributed by atoms with Gasteiger partial charge >= 0.3 is 12.1 Å². The molecule has 1 amide bonds. The lowest BCUT2D eigenvalue weighted by Crippen LogP contribution is -2.36. The molecule has 37 heavy (non-hydrogen) atoms. The van der Waals surface area contributed by atoms with Gasteiger partial charge in [-0.25, -0.2) is 23.2 Å². The van der Waals surface area contributed by atoms with Crippen LogP contribution in [0.2, 0.25) is 0 Å². The molecule has 2 aromatic heterocycles. The van der Waals surface area contributed by atoms with E-state index in [0.717, 1.165) is 49.6 Å². The highest BCUT2D eigenvalue weighted by Gasteiger charge is 2.33. The summed E-state index contributed by atoms with van der Waals surface area (Å²) in [5, 5.41) is 8.25. The Morgan fingerprint density at radius 3 is 2.65 bits per heavy atom. The minimum atomic E-state index is -3.03. The van der Waals surface area contributed by atoms with Gasteiger partial charge in [0.1, 0.15) is 23.7 Å². The summed E-state index contributed by atoms with van der Waals surface area (Å²) in [5.74, 6) is -2.42. The predicted molar refractivity (Wildman–Crippen MR) is 128 cm³/mol. The van der Waals surface area contributed by atoms with Gasteiger partial charge in [-0.3, -0.25) is 4.79 Å². The van der Waals surface area contributed by atoms with Gasteiger partial charge in [0.25, 0.3) is 5.92 Å². The van der Waals surface area contributed by atoms with E-state index < -0.39 is 18.6 Å². The van der Waals surface area contributed by atoms with Crippen LogP contribution in [0.5, 0.6) is 5.75 Å². The van der Waals surface area contributed by atoms with Gasteiger partial charge in [0, 0.05) is 26.9 Å². The molecule has 202 valence electrons. The number of amides is 1. The fourth-order valence-corrected chi connectivity index (χ4v) is 4.61.